The molecule has 6 nitrogen and oxygen atoms in total. The summed E-state index contributed by atoms with van der Waals surface area (Å²) in [5, 5.41) is 2.60. The Morgan fingerprint density at radius 3 is 2.57 bits per heavy atom. The summed E-state index contributed by atoms with van der Waals surface area (Å²) in [5.41, 5.74) is 0.413. The molecule has 116 valence electrons. The van der Waals surface area contributed by atoms with Crippen LogP contribution < -0.4 is 10.1 Å². The van der Waals surface area contributed by atoms with Gasteiger partial charge in [-0.3, -0.25) is 5.32 Å². The molecule has 1 aliphatic heterocycles. The predicted octanol–water partition coefficient (Wildman–Crippen LogP) is 2.37. The van der Waals surface area contributed by atoms with E-state index in [0.29, 0.717) is 30.0 Å². The van der Waals surface area contributed by atoms with Crippen molar-refractivity contribution in [1.29, 1.82) is 0 Å². The average Bonchev–Trinajstić information content (AvgIpc) is 2.73. The van der Waals surface area contributed by atoms with Gasteiger partial charge >= 0.3 is 6.09 Å². The number of benzene rings is 1. The first-order valence-corrected chi connectivity index (χ1v) is 8.46. The molecule has 1 heterocycles. The van der Waals surface area contributed by atoms with Gasteiger partial charge in [-0.25, -0.2) is 13.2 Å². The Morgan fingerprint density at radius 1 is 1.33 bits per heavy atom. The van der Waals surface area contributed by atoms with Crippen LogP contribution in [0.15, 0.2) is 17.0 Å². The van der Waals surface area contributed by atoms with Crippen molar-refractivity contribution in [2.24, 2.45) is 0 Å². The Labute approximate surface area is 124 Å². The molecule has 0 unspecified atom stereocenters. The third-order valence-corrected chi connectivity index (χ3v) is 4.03. The van der Waals surface area contributed by atoms with Crippen LogP contribution in [-0.4, -0.2) is 33.0 Å². The lowest BCUT2D eigenvalue weighted by atomic mass is 10.1. The summed E-state index contributed by atoms with van der Waals surface area (Å²) in [6.07, 6.45) is 1.05. The van der Waals surface area contributed by atoms with Crippen LogP contribution in [0.3, 0.4) is 0 Å². The SMILES string of the molecule is CC(C)(C)OC(=O)Nc1ccc(S(C)(=O)=O)c2c1OCC2. The second-order valence-electron chi connectivity index (χ2n) is 5.92. The first-order chi connectivity index (χ1) is 9.58. The third kappa shape index (κ3) is 3.66. The molecule has 0 radical (unpaired) electrons. The highest BCUT2D eigenvalue weighted by molar-refractivity contribution is 7.90. The van der Waals surface area contributed by atoms with E-state index in [4.69, 9.17) is 9.47 Å². The van der Waals surface area contributed by atoms with Gasteiger partial charge in [0.2, 0.25) is 0 Å². The maximum Gasteiger partial charge on any atom is 0.412 e. The molecule has 21 heavy (non-hydrogen) atoms. The highest BCUT2D eigenvalue weighted by Crippen LogP contribution is 2.38. The zero-order valence-corrected chi connectivity index (χ0v) is 13.3. The van der Waals surface area contributed by atoms with Crippen LogP contribution in [0.5, 0.6) is 5.75 Å². The minimum absolute atomic E-state index is 0.240. The van der Waals surface area contributed by atoms with Gasteiger partial charge in [-0.15, -0.1) is 0 Å². The molecule has 2 rings (SSSR count). The van der Waals surface area contributed by atoms with Gasteiger partial charge in [0.1, 0.15) is 11.4 Å². The number of anilines is 1. The van der Waals surface area contributed by atoms with Crippen molar-refractivity contribution in [3.8, 4) is 5.75 Å². The van der Waals surface area contributed by atoms with Gasteiger partial charge in [0, 0.05) is 18.2 Å². The van der Waals surface area contributed by atoms with Crippen LogP contribution in [0.1, 0.15) is 26.3 Å². The van der Waals surface area contributed by atoms with E-state index in [1.165, 1.54) is 12.1 Å². The van der Waals surface area contributed by atoms with Crippen LogP contribution in [0.25, 0.3) is 0 Å². The van der Waals surface area contributed by atoms with Crippen LogP contribution in [-0.2, 0) is 21.0 Å². The smallest absolute Gasteiger partial charge is 0.412 e. The highest BCUT2D eigenvalue weighted by Gasteiger charge is 2.26. The zero-order valence-electron chi connectivity index (χ0n) is 12.5. The van der Waals surface area contributed by atoms with Gasteiger partial charge < -0.3 is 9.47 Å². The maximum atomic E-state index is 11.8. The minimum atomic E-state index is -3.33. The molecule has 0 aromatic heterocycles. The fourth-order valence-electron chi connectivity index (χ4n) is 2.13. The van der Waals surface area contributed by atoms with Crippen molar-refractivity contribution in [2.45, 2.75) is 37.7 Å². The van der Waals surface area contributed by atoms with E-state index in [-0.39, 0.29) is 4.90 Å². The largest absolute Gasteiger partial charge is 0.491 e. The van der Waals surface area contributed by atoms with Crippen molar-refractivity contribution in [1.82, 2.24) is 0 Å². The summed E-state index contributed by atoms with van der Waals surface area (Å²) < 4.78 is 34.1. The molecule has 0 saturated heterocycles. The topological polar surface area (TPSA) is 81.7 Å². The Kier molecular flexibility index (Phi) is 3.88. The predicted molar refractivity (Wildman–Crippen MR) is 78.6 cm³/mol. The number of carbonyl (C=O) groups excluding carboxylic acids is 1. The molecule has 1 aromatic carbocycles. The molecule has 0 aliphatic carbocycles. The number of nitrogens with one attached hydrogen (secondary N) is 1. The molecule has 1 N–H and O–H groups in total. The molecule has 1 amide bonds. The Balaban J connectivity index is 2.32. The Hall–Kier alpha value is -1.76. The number of amides is 1. The summed E-state index contributed by atoms with van der Waals surface area (Å²) in [4.78, 5) is 12.0. The lowest BCUT2D eigenvalue weighted by Crippen LogP contribution is -2.27. The molecule has 0 spiro atoms. The number of hydrogen-bond donors (Lipinski definition) is 1. The van der Waals surface area contributed by atoms with E-state index in [9.17, 15) is 13.2 Å². The molecule has 0 bridgehead atoms. The monoisotopic (exact) mass is 313 g/mol. The second kappa shape index (κ2) is 5.22. The molecule has 0 fully saturated rings. The number of ether oxygens (including phenoxy) is 2. The summed E-state index contributed by atoms with van der Waals surface area (Å²) in [5.74, 6) is 0.406. The first-order valence-electron chi connectivity index (χ1n) is 6.57. The maximum absolute atomic E-state index is 11.8. The van der Waals surface area contributed by atoms with Crippen molar-refractivity contribution in [2.75, 3.05) is 18.2 Å². The summed E-state index contributed by atoms with van der Waals surface area (Å²) in [6.45, 7) is 5.69. The van der Waals surface area contributed by atoms with Crippen LogP contribution in [0, 0.1) is 0 Å². The van der Waals surface area contributed by atoms with Crippen LogP contribution in [0.2, 0.25) is 0 Å². The fourth-order valence-corrected chi connectivity index (χ4v) is 3.08. The standard InChI is InChI=1S/C14H19NO5S/c1-14(2,3)20-13(16)15-10-5-6-11(21(4,17)18)9-7-8-19-12(9)10/h5-6H,7-8H2,1-4H3,(H,15,16). The molecular weight excluding hydrogens is 294 g/mol. The quantitative estimate of drug-likeness (QED) is 0.906. The van der Waals surface area contributed by atoms with E-state index in [1.54, 1.807) is 20.8 Å². The summed E-state index contributed by atoms with van der Waals surface area (Å²) >= 11 is 0. The lowest BCUT2D eigenvalue weighted by Gasteiger charge is -2.20. The number of carbonyl (C=O) groups is 1. The third-order valence-electron chi connectivity index (χ3n) is 2.85. The van der Waals surface area contributed by atoms with E-state index in [2.05, 4.69) is 5.32 Å². The van der Waals surface area contributed by atoms with Crippen molar-refractivity contribution in [3.63, 3.8) is 0 Å². The molecule has 7 heteroatoms. The lowest BCUT2D eigenvalue weighted by molar-refractivity contribution is 0.0635. The van der Waals surface area contributed by atoms with Crippen molar-refractivity contribution >= 4 is 21.6 Å². The Bertz CT molecular complexity index is 673. The number of rotatable bonds is 2. The summed E-state index contributed by atoms with van der Waals surface area (Å²) in [6, 6.07) is 3.00. The van der Waals surface area contributed by atoms with Gasteiger partial charge in [0.25, 0.3) is 0 Å². The van der Waals surface area contributed by atoms with Crippen LogP contribution in [0.4, 0.5) is 10.5 Å². The van der Waals surface area contributed by atoms with Gasteiger partial charge in [-0.05, 0) is 32.9 Å². The number of fused-ring (bicyclic) bond motifs is 1. The normalized spacial score (nSPS) is 14.3. The van der Waals surface area contributed by atoms with E-state index in [0.717, 1.165) is 6.26 Å². The molecule has 0 saturated carbocycles. The van der Waals surface area contributed by atoms with E-state index < -0.39 is 21.5 Å². The van der Waals surface area contributed by atoms with Gasteiger partial charge in [-0.2, -0.15) is 0 Å². The van der Waals surface area contributed by atoms with Gasteiger partial charge in [0.15, 0.2) is 9.84 Å². The van der Waals surface area contributed by atoms with E-state index in [1.807, 2.05) is 0 Å². The second-order valence-corrected chi connectivity index (χ2v) is 7.90. The first kappa shape index (κ1) is 15.6. The van der Waals surface area contributed by atoms with E-state index >= 15 is 0 Å². The van der Waals surface area contributed by atoms with Crippen molar-refractivity contribution in [3.05, 3.63) is 17.7 Å². The van der Waals surface area contributed by atoms with Crippen LogP contribution >= 0.6 is 0 Å². The number of sulfone groups is 1. The number of hydrogen-bond acceptors (Lipinski definition) is 5. The minimum Gasteiger partial charge on any atom is -0.491 e. The van der Waals surface area contributed by atoms with Crippen molar-refractivity contribution < 1.29 is 22.7 Å². The zero-order chi connectivity index (χ0) is 15.8. The highest BCUT2D eigenvalue weighted by atomic mass is 32.2. The molecule has 1 aromatic rings. The average molecular weight is 313 g/mol. The fraction of sp³-hybridized carbons (Fsp3) is 0.500. The van der Waals surface area contributed by atoms with Gasteiger partial charge in [0.05, 0.1) is 17.2 Å². The Morgan fingerprint density at radius 2 is 2.00 bits per heavy atom. The molecule has 0 atom stereocenters. The van der Waals surface area contributed by atoms with Gasteiger partial charge in [-0.1, -0.05) is 0 Å². The summed E-state index contributed by atoms with van der Waals surface area (Å²) in [7, 11) is -3.33. The molecular formula is C14H19NO5S. The molecule has 1 aliphatic rings.